The van der Waals surface area contributed by atoms with Gasteiger partial charge in [-0.15, -0.1) is 0 Å². The number of halogens is 1. The lowest BCUT2D eigenvalue weighted by atomic mass is 10.2. The van der Waals surface area contributed by atoms with Crippen LogP contribution in [0.15, 0.2) is 24.3 Å². The van der Waals surface area contributed by atoms with Crippen molar-refractivity contribution in [2.24, 2.45) is 0 Å². The second-order valence-electron chi connectivity index (χ2n) is 6.29. The van der Waals surface area contributed by atoms with Gasteiger partial charge in [-0.2, -0.15) is 0 Å². The topological polar surface area (TPSA) is 96.5 Å². The van der Waals surface area contributed by atoms with Gasteiger partial charge in [0.15, 0.2) is 0 Å². The first-order valence-electron chi connectivity index (χ1n) is 7.95. The fraction of sp³-hybridized carbons (Fsp3) is 0.471. The largest absolute Gasteiger partial charge is 0.444 e. The van der Waals surface area contributed by atoms with Gasteiger partial charge in [-0.25, -0.2) is 4.79 Å². The van der Waals surface area contributed by atoms with E-state index in [9.17, 15) is 14.4 Å². The number of ether oxygens (including phenoxy) is 1. The molecule has 0 bridgehead atoms. The molecule has 3 amide bonds. The molecule has 0 fully saturated rings. The second-order valence-corrected chi connectivity index (χ2v) is 6.73. The Balaban J connectivity index is 2.13. The molecule has 8 heteroatoms. The van der Waals surface area contributed by atoms with Crippen LogP contribution in [0.3, 0.4) is 0 Å². The average Bonchev–Trinajstić information content (AvgIpc) is 2.50. The Morgan fingerprint density at radius 3 is 2.16 bits per heavy atom. The number of carbonyl (C=O) groups excluding carboxylic acids is 3. The van der Waals surface area contributed by atoms with Crippen molar-refractivity contribution in [3.8, 4) is 0 Å². The molecule has 1 aromatic rings. The van der Waals surface area contributed by atoms with Gasteiger partial charge in [0.2, 0.25) is 5.91 Å². The van der Waals surface area contributed by atoms with Crippen molar-refractivity contribution in [1.29, 1.82) is 0 Å². The second kappa shape index (κ2) is 9.88. The maximum atomic E-state index is 11.8. The van der Waals surface area contributed by atoms with Crippen LogP contribution in [0.5, 0.6) is 0 Å². The monoisotopic (exact) mass is 369 g/mol. The van der Waals surface area contributed by atoms with Crippen LogP contribution in [0.1, 0.15) is 37.6 Å². The molecule has 0 saturated carbocycles. The fourth-order valence-electron chi connectivity index (χ4n) is 1.76. The van der Waals surface area contributed by atoms with Crippen LogP contribution in [-0.2, 0) is 9.53 Å². The Kier molecular flexibility index (Phi) is 8.21. The molecule has 0 saturated heterocycles. The Morgan fingerprint density at radius 1 is 0.960 bits per heavy atom. The molecule has 0 unspecified atom stereocenters. The summed E-state index contributed by atoms with van der Waals surface area (Å²) in [4.78, 5) is 34.9. The van der Waals surface area contributed by atoms with E-state index in [0.717, 1.165) is 0 Å². The van der Waals surface area contributed by atoms with Gasteiger partial charge in [-0.05, 0) is 45.0 Å². The van der Waals surface area contributed by atoms with Crippen molar-refractivity contribution in [2.75, 3.05) is 19.6 Å². The van der Waals surface area contributed by atoms with E-state index in [1.54, 1.807) is 45.0 Å². The molecule has 138 valence electrons. The van der Waals surface area contributed by atoms with Crippen molar-refractivity contribution in [3.05, 3.63) is 34.9 Å². The van der Waals surface area contributed by atoms with Gasteiger partial charge in [0.05, 0.1) is 0 Å². The van der Waals surface area contributed by atoms with Crippen LogP contribution in [-0.4, -0.2) is 43.1 Å². The van der Waals surface area contributed by atoms with Crippen LogP contribution in [0, 0.1) is 0 Å². The smallest absolute Gasteiger partial charge is 0.407 e. The van der Waals surface area contributed by atoms with E-state index in [1.807, 2.05) is 0 Å². The minimum absolute atomic E-state index is 0.129. The minimum atomic E-state index is -0.575. The molecule has 25 heavy (non-hydrogen) atoms. The third kappa shape index (κ3) is 9.56. The number of benzene rings is 1. The Morgan fingerprint density at radius 2 is 1.56 bits per heavy atom. The lowest BCUT2D eigenvalue weighted by Gasteiger charge is -2.19. The summed E-state index contributed by atoms with van der Waals surface area (Å²) in [5.74, 6) is -0.464. The minimum Gasteiger partial charge on any atom is -0.444 e. The zero-order valence-corrected chi connectivity index (χ0v) is 15.4. The fourth-order valence-corrected chi connectivity index (χ4v) is 1.89. The summed E-state index contributed by atoms with van der Waals surface area (Å²) in [5, 5.41) is 8.40. The predicted molar refractivity (Wildman–Crippen MR) is 95.6 cm³/mol. The molecule has 0 aliphatic carbocycles. The molecular formula is C17H24ClN3O4. The van der Waals surface area contributed by atoms with Gasteiger partial charge in [0.25, 0.3) is 5.91 Å². The van der Waals surface area contributed by atoms with Crippen molar-refractivity contribution >= 4 is 29.5 Å². The van der Waals surface area contributed by atoms with Crippen molar-refractivity contribution in [1.82, 2.24) is 16.0 Å². The van der Waals surface area contributed by atoms with Crippen LogP contribution in [0.25, 0.3) is 0 Å². The zero-order valence-electron chi connectivity index (χ0n) is 14.6. The summed E-state index contributed by atoms with van der Waals surface area (Å²) in [7, 11) is 0. The third-order valence-electron chi connectivity index (χ3n) is 2.86. The molecule has 3 N–H and O–H groups in total. The highest BCUT2D eigenvalue weighted by Crippen LogP contribution is 2.09. The van der Waals surface area contributed by atoms with Gasteiger partial charge in [0.1, 0.15) is 5.60 Å². The Hall–Kier alpha value is -2.28. The van der Waals surface area contributed by atoms with E-state index in [2.05, 4.69) is 16.0 Å². The molecule has 1 aromatic carbocycles. The molecule has 0 spiro atoms. The normalized spacial score (nSPS) is 10.7. The maximum absolute atomic E-state index is 11.8. The van der Waals surface area contributed by atoms with Crippen LogP contribution in [0.2, 0.25) is 5.02 Å². The van der Waals surface area contributed by atoms with E-state index in [4.69, 9.17) is 16.3 Å². The first kappa shape index (κ1) is 20.8. The van der Waals surface area contributed by atoms with Crippen LogP contribution >= 0.6 is 11.6 Å². The lowest BCUT2D eigenvalue weighted by molar-refractivity contribution is -0.120. The van der Waals surface area contributed by atoms with E-state index >= 15 is 0 Å². The number of hydrogen-bond donors (Lipinski definition) is 3. The molecule has 0 aromatic heterocycles. The molecular weight excluding hydrogens is 346 g/mol. The number of carbonyl (C=O) groups is 3. The molecule has 0 aliphatic rings. The van der Waals surface area contributed by atoms with Gasteiger partial charge < -0.3 is 20.7 Å². The number of nitrogens with one attached hydrogen (secondary N) is 3. The molecule has 1 rings (SSSR count). The highest BCUT2D eigenvalue weighted by molar-refractivity contribution is 6.30. The lowest BCUT2D eigenvalue weighted by Crippen LogP contribution is -2.37. The molecule has 0 aliphatic heterocycles. The first-order valence-corrected chi connectivity index (χ1v) is 8.32. The van der Waals surface area contributed by atoms with E-state index < -0.39 is 11.7 Å². The number of hydrogen-bond acceptors (Lipinski definition) is 4. The van der Waals surface area contributed by atoms with Crippen molar-refractivity contribution in [3.63, 3.8) is 0 Å². The van der Waals surface area contributed by atoms with Gasteiger partial charge in [0, 0.05) is 36.6 Å². The summed E-state index contributed by atoms with van der Waals surface area (Å²) in [6.45, 7) is 6.06. The first-order chi connectivity index (χ1) is 11.7. The summed E-state index contributed by atoms with van der Waals surface area (Å²) < 4.78 is 5.06. The standard InChI is InChI=1S/C17H24ClN3O4/c1-17(2,3)25-16(24)21-9-8-14(22)19-10-11-20-15(23)12-4-6-13(18)7-5-12/h4-7H,8-11H2,1-3H3,(H,19,22)(H,20,23)(H,21,24). The summed E-state index contributed by atoms with van der Waals surface area (Å²) in [6, 6.07) is 6.52. The van der Waals surface area contributed by atoms with E-state index in [-0.39, 0.29) is 24.8 Å². The van der Waals surface area contributed by atoms with Gasteiger partial charge in [-0.1, -0.05) is 11.6 Å². The Bertz CT molecular complexity index is 597. The number of rotatable bonds is 7. The quantitative estimate of drug-likeness (QED) is 0.641. The summed E-state index contributed by atoms with van der Waals surface area (Å²) >= 11 is 5.76. The molecule has 0 heterocycles. The van der Waals surface area contributed by atoms with Gasteiger partial charge in [-0.3, -0.25) is 9.59 Å². The number of amides is 3. The predicted octanol–water partition coefficient (Wildman–Crippen LogP) is 2.10. The van der Waals surface area contributed by atoms with Gasteiger partial charge >= 0.3 is 6.09 Å². The van der Waals surface area contributed by atoms with Crippen molar-refractivity contribution in [2.45, 2.75) is 32.8 Å². The Labute approximate surface area is 152 Å². The molecule has 0 atom stereocenters. The van der Waals surface area contributed by atoms with Crippen LogP contribution < -0.4 is 16.0 Å². The highest BCUT2D eigenvalue weighted by atomic mass is 35.5. The maximum Gasteiger partial charge on any atom is 0.407 e. The SMILES string of the molecule is CC(C)(C)OC(=O)NCCC(=O)NCCNC(=O)c1ccc(Cl)cc1. The van der Waals surface area contributed by atoms with E-state index in [1.165, 1.54) is 0 Å². The zero-order chi connectivity index (χ0) is 18.9. The average molecular weight is 370 g/mol. The molecule has 7 nitrogen and oxygen atoms in total. The van der Waals surface area contributed by atoms with E-state index in [0.29, 0.717) is 23.7 Å². The van der Waals surface area contributed by atoms with Crippen molar-refractivity contribution < 1.29 is 19.1 Å². The third-order valence-corrected chi connectivity index (χ3v) is 3.11. The molecule has 0 radical (unpaired) electrons. The summed E-state index contributed by atoms with van der Waals surface area (Å²) in [6.07, 6.45) is -0.430. The summed E-state index contributed by atoms with van der Waals surface area (Å²) in [5.41, 5.74) is -0.0773. The van der Waals surface area contributed by atoms with Crippen LogP contribution in [0.4, 0.5) is 4.79 Å². The number of alkyl carbamates (subject to hydrolysis) is 1. The highest BCUT2D eigenvalue weighted by Gasteiger charge is 2.15.